The lowest BCUT2D eigenvalue weighted by atomic mass is 10.3. The van der Waals surface area contributed by atoms with E-state index in [0.717, 1.165) is 0 Å². The molecule has 1 unspecified atom stereocenters. The average molecular weight is 173 g/mol. The molecular formula is C7H7FO2P+. The Morgan fingerprint density at radius 2 is 2.09 bits per heavy atom. The maximum absolute atomic E-state index is 12.8. The lowest BCUT2D eigenvalue weighted by Gasteiger charge is -1.86. The van der Waals surface area contributed by atoms with E-state index in [2.05, 4.69) is 4.52 Å². The molecule has 0 heterocycles. The van der Waals surface area contributed by atoms with Crippen LogP contribution in [0, 0.1) is 5.82 Å². The minimum Gasteiger partial charge on any atom is -0.202 e. The predicted octanol–water partition coefficient (Wildman–Crippen LogP) is 1.84. The van der Waals surface area contributed by atoms with Gasteiger partial charge in [0, 0.05) is 0 Å². The van der Waals surface area contributed by atoms with E-state index in [1.54, 1.807) is 6.07 Å². The summed E-state index contributed by atoms with van der Waals surface area (Å²) in [6.07, 6.45) is 0. The Morgan fingerprint density at radius 3 is 2.64 bits per heavy atom. The van der Waals surface area contributed by atoms with Crippen LogP contribution in [0.15, 0.2) is 24.3 Å². The van der Waals surface area contributed by atoms with E-state index in [4.69, 9.17) is 0 Å². The van der Waals surface area contributed by atoms with Crippen molar-refractivity contribution in [2.75, 3.05) is 7.11 Å². The second-order valence-electron chi connectivity index (χ2n) is 1.89. The normalized spacial score (nSPS) is 11.3. The summed E-state index contributed by atoms with van der Waals surface area (Å²) in [4.78, 5) is 0. The Balaban J connectivity index is 3.03. The standard InChI is InChI=1S/C7H7FO2P/c1-10-11(9)7-5-3-2-4-6(7)8/h2-5H,1H3/q+1. The minimum atomic E-state index is -2.02. The van der Waals surface area contributed by atoms with Crippen molar-refractivity contribution < 1.29 is 13.5 Å². The summed E-state index contributed by atoms with van der Waals surface area (Å²) in [5, 5.41) is 0.116. The van der Waals surface area contributed by atoms with Crippen molar-refractivity contribution in [3.05, 3.63) is 30.1 Å². The molecule has 1 rings (SSSR count). The van der Waals surface area contributed by atoms with Crippen LogP contribution in [0.5, 0.6) is 0 Å². The van der Waals surface area contributed by atoms with E-state index in [0.29, 0.717) is 0 Å². The van der Waals surface area contributed by atoms with E-state index in [9.17, 15) is 8.96 Å². The Hall–Kier alpha value is -0.790. The van der Waals surface area contributed by atoms with Crippen LogP contribution in [0.25, 0.3) is 0 Å². The van der Waals surface area contributed by atoms with Crippen LogP contribution in [-0.2, 0) is 9.09 Å². The molecule has 0 radical (unpaired) electrons. The highest BCUT2D eigenvalue weighted by molar-refractivity contribution is 7.48. The molecular weight excluding hydrogens is 166 g/mol. The fraction of sp³-hybridized carbons (Fsp3) is 0.143. The van der Waals surface area contributed by atoms with Crippen molar-refractivity contribution in [1.82, 2.24) is 0 Å². The van der Waals surface area contributed by atoms with Gasteiger partial charge in [-0.15, -0.1) is 4.52 Å². The SMILES string of the molecule is CO[P+](=O)c1ccccc1F. The second kappa shape index (κ2) is 3.56. The third-order valence-electron chi connectivity index (χ3n) is 1.21. The van der Waals surface area contributed by atoms with Gasteiger partial charge in [0.25, 0.3) is 5.30 Å². The molecule has 0 N–H and O–H groups in total. The Labute approximate surface area is 64.9 Å². The van der Waals surface area contributed by atoms with Crippen LogP contribution in [0.1, 0.15) is 0 Å². The van der Waals surface area contributed by atoms with Crippen molar-refractivity contribution in [2.24, 2.45) is 0 Å². The number of halogens is 1. The molecule has 0 amide bonds. The molecule has 0 saturated heterocycles. The van der Waals surface area contributed by atoms with Gasteiger partial charge in [-0.2, -0.15) is 0 Å². The molecule has 0 saturated carbocycles. The molecule has 0 spiro atoms. The maximum Gasteiger partial charge on any atom is 0.551 e. The van der Waals surface area contributed by atoms with Crippen LogP contribution in [0.3, 0.4) is 0 Å². The zero-order chi connectivity index (χ0) is 8.27. The largest absolute Gasteiger partial charge is 0.551 e. The molecule has 0 aliphatic carbocycles. The molecule has 0 bridgehead atoms. The van der Waals surface area contributed by atoms with E-state index in [-0.39, 0.29) is 5.30 Å². The summed E-state index contributed by atoms with van der Waals surface area (Å²) >= 11 is 0. The van der Waals surface area contributed by atoms with Crippen molar-refractivity contribution in [1.29, 1.82) is 0 Å². The Bertz CT molecular complexity index is 275. The topological polar surface area (TPSA) is 26.3 Å². The van der Waals surface area contributed by atoms with E-state index in [1.807, 2.05) is 0 Å². The van der Waals surface area contributed by atoms with Crippen LogP contribution in [0.2, 0.25) is 0 Å². The van der Waals surface area contributed by atoms with Gasteiger partial charge in [0.2, 0.25) is 0 Å². The lowest BCUT2D eigenvalue weighted by Crippen LogP contribution is -2.01. The Morgan fingerprint density at radius 1 is 1.45 bits per heavy atom. The Kier molecular flexibility index (Phi) is 2.69. The molecule has 58 valence electrons. The van der Waals surface area contributed by atoms with E-state index < -0.39 is 13.8 Å². The minimum absolute atomic E-state index is 0.116. The highest BCUT2D eigenvalue weighted by Crippen LogP contribution is 2.20. The van der Waals surface area contributed by atoms with Crippen LogP contribution in [0.4, 0.5) is 4.39 Å². The van der Waals surface area contributed by atoms with Gasteiger partial charge in [0.15, 0.2) is 5.82 Å². The van der Waals surface area contributed by atoms with Gasteiger partial charge in [0.1, 0.15) is 0 Å². The third kappa shape index (κ3) is 1.82. The zero-order valence-corrected chi connectivity index (χ0v) is 6.85. The summed E-state index contributed by atoms with van der Waals surface area (Å²) in [7, 11) is -0.736. The quantitative estimate of drug-likeness (QED) is 0.638. The van der Waals surface area contributed by atoms with E-state index in [1.165, 1.54) is 25.3 Å². The zero-order valence-electron chi connectivity index (χ0n) is 5.95. The molecule has 0 aliphatic heterocycles. The fourth-order valence-corrected chi connectivity index (χ4v) is 1.35. The molecule has 0 aliphatic rings. The number of hydrogen-bond acceptors (Lipinski definition) is 2. The van der Waals surface area contributed by atoms with Crippen LogP contribution in [-0.4, -0.2) is 7.11 Å². The summed E-state index contributed by atoms with van der Waals surface area (Å²) in [6.45, 7) is 0. The maximum atomic E-state index is 12.8. The van der Waals surface area contributed by atoms with Crippen LogP contribution < -0.4 is 5.30 Å². The third-order valence-corrected chi connectivity index (χ3v) is 2.30. The van der Waals surface area contributed by atoms with Gasteiger partial charge in [-0.05, 0) is 16.7 Å². The predicted molar refractivity (Wildman–Crippen MR) is 40.6 cm³/mol. The second-order valence-corrected chi connectivity index (χ2v) is 3.25. The van der Waals surface area contributed by atoms with Gasteiger partial charge >= 0.3 is 8.03 Å². The first-order valence-corrected chi connectivity index (χ1v) is 4.19. The first kappa shape index (κ1) is 8.31. The summed E-state index contributed by atoms with van der Waals surface area (Å²) in [5.41, 5.74) is 0. The van der Waals surface area contributed by atoms with Crippen LogP contribution >= 0.6 is 8.03 Å². The van der Waals surface area contributed by atoms with E-state index >= 15 is 0 Å². The molecule has 2 nitrogen and oxygen atoms in total. The van der Waals surface area contributed by atoms with Crippen molar-refractivity contribution in [2.45, 2.75) is 0 Å². The van der Waals surface area contributed by atoms with Crippen molar-refractivity contribution in [3.63, 3.8) is 0 Å². The van der Waals surface area contributed by atoms with Crippen molar-refractivity contribution in [3.8, 4) is 0 Å². The molecule has 0 fully saturated rings. The number of rotatable bonds is 2. The molecule has 1 atom stereocenters. The smallest absolute Gasteiger partial charge is 0.202 e. The van der Waals surface area contributed by atoms with Gasteiger partial charge in [0.05, 0.1) is 7.11 Å². The highest BCUT2D eigenvalue weighted by Gasteiger charge is 2.23. The summed E-state index contributed by atoms with van der Waals surface area (Å²) < 4.78 is 28.2. The monoisotopic (exact) mass is 173 g/mol. The molecule has 1 aromatic carbocycles. The summed E-state index contributed by atoms with van der Waals surface area (Å²) in [6, 6.07) is 5.85. The average Bonchev–Trinajstić information content (AvgIpc) is 2.04. The van der Waals surface area contributed by atoms with Gasteiger partial charge in [-0.3, -0.25) is 0 Å². The van der Waals surface area contributed by atoms with Gasteiger partial charge in [-0.25, -0.2) is 4.39 Å². The fourth-order valence-electron chi connectivity index (χ4n) is 0.698. The first-order chi connectivity index (χ1) is 5.25. The first-order valence-electron chi connectivity index (χ1n) is 3.01. The summed E-state index contributed by atoms with van der Waals surface area (Å²) in [5.74, 6) is -0.490. The molecule has 0 aromatic heterocycles. The van der Waals surface area contributed by atoms with Crippen molar-refractivity contribution >= 4 is 13.3 Å². The van der Waals surface area contributed by atoms with Gasteiger partial charge < -0.3 is 0 Å². The molecule has 4 heteroatoms. The molecule has 1 aromatic rings. The molecule has 11 heavy (non-hydrogen) atoms. The number of hydrogen-bond donors (Lipinski definition) is 0. The van der Waals surface area contributed by atoms with Gasteiger partial charge in [-0.1, -0.05) is 12.1 Å². The number of benzene rings is 1. The highest BCUT2D eigenvalue weighted by atomic mass is 31.1. The lowest BCUT2D eigenvalue weighted by molar-refractivity contribution is 0.422.